The average Bonchev–Trinajstić information content (AvgIpc) is 3.05. The summed E-state index contributed by atoms with van der Waals surface area (Å²) in [5.41, 5.74) is 1.33. The molecular weight excluding hydrogens is 672 g/mol. The van der Waals surface area contributed by atoms with Crippen LogP contribution in [-0.2, 0) is 32.6 Å². The summed E-state index contributed by atoms with van der Waals surface area (Å²) in [7, 11) is -4.36. The van der Waals surface area contributed by atoms with Crippen LogP contribution in [0.25, 0.3) is 0 Å². The van der Waals surface area contributed by atoms with Crippen LogP contribution in [0.3, 0.4) is 0 Å². The number of benzene rings is 4. The van der Waals surface area contributed by atoms with E-state index < -0.39 is 40.2 Å². The average molecular weight is 705 g/mol. The third kappa shape index (κ3) is 8.79. The van der Waals surface area contributed by atoms with E-state index >= 15 is 0 Å². The van der Waals surface area contributed by atoms with Crippen LogP contribution in [0.2, 0.25) is 15.1 Å². The van der Waals surface area contributed by atoms with E-state index in [0.717, 1.165) is 22.0 Å². The van der Waals surface area contributed by atoms with Gasteiger partial charge < -0.3 is 10.2 Å². The molecule has 0 bridgehead atoms. The number of carbonyl (C=O) groups is 2. The second-order valence-electron chi connectivity index (χ2n) is 10.7. The zero-order valence-corrected chi connectivity index (χ0v) is 28.3. The molecular formula is C34H33Cl3FN3O4S. The van der Waals surface area contributed by atoms with E-state index in [0.29, 0.717) is 17.0 Å². The number of anilines is 1. The summed E-state index contributed by atoms with van der Waals surface area (Å²) in [6.45, 7) is 2.97. The first kappa shape index (κ1) is 35.2. The van der Waals surface area contributed by atoms with Crippen LogP contribution < -0.4 is 9.62 Å². The Hall–Kier alpha value is -3.63. The maximum Gasteiger partial charge on any atom is 0.264 e. The minimum Gasteiger partial charge on any atom is -0.352 e. The van der Waals surface area contributed by atoms with E-state index in [2.05, 4.69) is 5.32 Å². The first-order chi connectivity index (χ1) is 21.9. The summed E-state index contributed by atoms with van der Waals surface area (Å²) in [4.78, 5) is 29.6. The molecule has 0 aliphatic heterocycles. The molecule has 1 N–H and O–H groups in total. The van der Waals surface area contributed by atoms with Gasteiger partial charge in [-0.3, -0.25) is 13.9 Å². The number of hydrogen-bond donors (Lipinski definition) is 1. The van der Waals surface area contributed by atoms with Crippen LogP contribution in [0.15, 0.2) is 102 Å². The molecule has 12 heteroatoms. The Balaban J connectivity index is 1.83. The molecule has 0 saturated carbocycles. The predicted octanol–water partition coefficient (Wildman–Crippen LogP) is 7.54. The van der Waals surface area contributed by atoms with Crippen molar-refractivity contribution < 1.29 is 22.4 Å². The topological polar surface area (TPSA) is 86.8 Å². The van der Waals surface area contributed by atoms with Gasteiger partial charge in [-0.15, -0.1) is 0 Å². The van der Waals surface area contributed by atoms with Gasteiger partial charge in [0.1, 0.15) is 18.4 Å². The number of nitrogens with zero attached hydrogens (tertiary/aromatic N) is 2. The molecule has 4 aromatic carbocycles. The van der Waals surface area contributed by atoms with Crippen LogP contribution in [0.5, 0.6) is 0 Å². The summed E-state index contributed by atoms with van der Waals surface area (Å²) < 4.78 is 43.1. The standard InChI is InChI=1S/C34H33Cl3FN3O4S/c1-3-23(2)39-34(43)32(19-24-10-6-4-7-11-24)40(21-25-14-16-28(35)29(36)18-25)33(42)22-41(26-15-17-31(38)30(37)20-26)46(44,45)27-12-8-5-9-13-27/h4-18,20,23,32H,3,19,21-22H2,1-2H3,(H,39,43)/t23-,32+/m1/s1. The largest absolute Gasteiger partial charge is 0.352 e. The van der Waals surface area contributed by atoms with Gasteiger partial charge in [-0.05, 0) is 66.9 Å². The molecule has 4 rings (SSSR count). The molecule has 0 fully saturated rings. The van der Waals surface area contributed by atoms with Crippen molar-refractivity contribution in [3.63, 3.8) is 0 Å². The van der Waals surface area contributed by atoms with Gasteiger partial charge in [-0.1, -0.05) is 96.3 Å². The third-order valence-electron chi connectivity index (χ3n) is 7.41. The zero-order chi connectivity index (χ0) is 33.4. The second kappa shape index (κ2) is 15.8. The fraction of sp³-hybridized carbons (Fsp3) is 0.235. The predicted molar refractivity (Wildman–Crippen MR) is 181 cm³/mol. The van der Waals surface area contributed by atoms with E-state index in [1.165, 1.54) is 23.1 Å². The molecule has 0 unspecified atom stereocenters. The molecule has 2 amide bonds. The summed E-state index contributed by atoms with van der Waals surface area (Å²) >= 11 is 18.5. The minimum absolute atomic E-state index is 0.0262. The number of hydrogen-bond acceptors (Lipinski definition) is 4. The fourth-order valence-corrected chi connectivity index (χ4v) is 6.64. The molecule has 0 radical (unpaired) electrons. The molecule has 0 saturated heterocycles. The summed E-state index contributed by atoms with van der Waals surface area (Å²) in [6, 6.07) is 23.8. The first-order valence-corrected chi connectivity index (χ1v) is 17.1. The molecule has 0 aliphatic rings. The molecule has 46 heavy (non-hydrogen) atoms. The Morgan fingerprint density at radius 3 is 2.09 bits per heavy atom. The molecule has 7 nitrogen and oxygen atoms in total. The molecule has 0 aliphatic carbocycles. The summed E-state index contributed by atoms with van der Waals surface area (Å²) in [5, 5.41) is 3.22. The Bertz CT molecular complexity index is 1780. The van der Waals surface area contributed by atoms with E-state index in [1.54, 1.807) is 36.4 Å². The lowest BCUT2D eigenvalue weighted by Gasteiger charge is -2.34. The van der Waals surface area contributed by atoms with Crippen molar-refractivity contribution in [2.24, 2.45) is 0 Å². The van der Waals surface area contributed by atoms with Gasteiger partial charge in [0.25, 0.3) is 10.0 Å². The Kier molecular flexibility index (Phi) is 12.1. The number of nitrogens with one attached hydrogen (secondary N) is 1. The number of halogens is 4. The number of sulfonamides is 1. The van der Waals surface area contributed by atoms with Gasteiger partial charge in [0.05, 0.1) is 25.7 Å². The van der Waals surface area contributed by atoms with Crippen molar-refractivity contribution in [2.75, 3.05) is 10.8 Å². The van der Waals surface area contributed by atoms with Crippen molar-refractivity contribution in [1.82, 2.24) is 10.2 Å². The van der Waals surface area contributed by atoms with Crippen molar-refractivity contribution in [1.29, 1.82) is 0 Å². The van der Waals surface area contributed by atoms with Gasteiger partial charge >= 0.3 is 0 Å². The lowest BCUT2D eigenvalue weighted by atomic mass is 10.0. The quantitative estimate of drug-likeness (QED) is 0.156. The molecule has 2 atom stereocenters. The van der Waals surface area contributed by atoms with Crippen molar-refractivity contribution in [3.05, 3.63) is 129 Å². The van der Waals surface area contributed by atoms with E-state index in [9.17, 15) is 22.4 Å². The molecule has 242 valence electrons. The lowest BCUT2D eigenvalue weighted by Crippen LogP contribution is -2.54. The van der Waals surface area contributed by atoms with E-state index in [-0.39, 0.29) is 39.6 Å². The smallest absolute Gasteiger partial charge is 0.264 e. The summed E-state index contributed by atoms with van der Waals surface area (Å²) in [6.07, 6.45) is 0.795. The fourth-order valence-electron chi connectivity index (χ4n) is 4.72. The number of amides is 2. The van der Waals surface area contributed by atoms with Gasteiger partial charge in [0, 0.05) is 19.0 Å². The van der Waals surface area contributed by atoms with E-state index in [1.807, 2.05) is 44.2 Å². The molecule has 0 aromatic heterocycles. The van der Waals surface area contributed by atoms with Crippen LogP contribution in [0.1, 0.15) is 31.4 Å². The monoisotopic (exact) mass is 703 g/mol. The first-order valence-electron chi connectivity index (χ1n) is 14.5. The minimum atomic E-state index is -4.36. The Morgan fingerprint density at radius 2 is 1.48 bits per heavy atom. The SMILES string of the molecule is CC[C@@H](C)NC(=O)[C@H](Cc1ccccc1)N(Cc1ccc(Cl)c(Cl)c1)C(=O)CN(c1ccc(F)c(Cl)c1)S(=O)(=O)c1ccccc1. The normalized spacial score (nSPS) is 12.7. The van der Waals surface area contributed by atoms with Gasteiger partial charge in [-0.2, -0.15) is 0 Å². The van der Waals surface area contributed by atoms with Crippen LogP contribution in [0.4, 0.5) is 10.1 Å². The van der Waals surface area contributed by atoms with Crippen molar-refractivity contribution in [2.45, 2.75) is 50.2 Å². The Labute approximate surface area is 283 Å². The van der Waals surface area contributed by atoms with Crippen molar-refractivity contribution >= 4 is 62.3 Å². The molecule has 4 aromatic rings. The van der Waals surface area contributed by atoms with Crippen LogP contribution in [0, 0.1) is 5.82 Å². The second-order valence-corrected chi connectivity index (χ2v) is 13.8. The lowest BCUT2D eigenvalue weighted by molar-refractivity contribution is -0.140. The maximum atomic E-state index is 14.5. The maximum absolute atomic E-state index is 14.5. The third-order valence-corrected chi connectivity index (χ3v) is 10.2. The number of carbonyl (C=O) groups excluding carboxylic acids is 2. The highest BCUT2D eigenvalue weighted by atomic mass is 35.5. The van der Waals surface area contributed by atoms with E-state index in [4.69, 9.17) is 34.8 Å². The summed E-state index contributed by atoms with van der Waals surface area (Å²) in [5.74, 6) is -1.85. The molecule has 0 heterocycles. The van der Waals surface area contributed by atoms with Gasteiger partial charge in [-0.25, -0.2) is 12.8 Å². The van der Waals surface area contributed by atoms with Crippen molar-refractivity contribution in [3.8, 4) is 0 Å². The highest BCUT2D eigenvalue weighted by molar-refractivity contribution is 7.92. The highest BCUT2D eigenvalue weighted by Gasteiger charge is 2.35. The van der Waals surface area contributed by atoms with Crippen LogP contribution in [-0.4, -0.2) is 43.8 Å². The van der Waals surface area contributed by atoms with Gasteiger partial charge in [0.15, 0.2) is 0 Å². The zero-order valence-electron chi connectivity index (χ0n) is 25.2. The number of rotatable bonds is 13. The highest BCUT2D eigenvalue weighted by Crippen LogP contribution is 2.29. The molecule has 0 spiro atoms. The Morgan fingerprint density at radius 1 is 0.826 bits per heavy atom. The van der Waals surface area contributed by atoms with Crippen LogP contribution >= 0.6 is 34.8 Å². The van der Waals surface area contributed by atoms with Gasteiger partial charge in [0.2, 0.25) is 11.8 Å².